The maximum Gasteiger partial charge on any atom is 0.248 e. The van der Waals surface area contributed by atoms with Crippen molar-refractivity contribution in [3.8, 4) is 0 Å². The van der Waals surface area contributed by atoms with Crippen LogP contribution in [-0.2, 0) is 17.6 Å². The molecule has 0 spiro atoms. The molecule has 0 saturated heterocycles. The van der Waals surface area contributed by atoms with E-state index >= 15 is 0 Å². The molecule has 0 aromatic carbocycles. The van der Waals surface area contributed by atoms with Gasteiger partial charge >= 0.3 is 0 Å². The Labute approximate surface area is 85.1 Å². The second-order valence-electron chi connectivity index (χ2n) is 3.34. The Bertz CT molecular complexity index is 387. The van der Waals surface area contributed by atoms with Gasteiger partial charge in [0.2, 0.25) is 5.91 Å². The molecule has 1 aliphatic rings. The van der Waals surface area contributed by atoms with Crippen molar-refractivity contribution < 1.29 is 4.79 Å². The van der Waals surface area contributed by atoms with E-state index in [9.17, 15) is 4.79 Å². The lowest BCUT2D eigenvalue weighted by Crippen LogP contribution is -2.07. The standard InChI is InChI=1S/C11H12NOP/c1-2-10(13)12-11-9-5-3-4-8(9)6-7-14-11/h2,6-7H,1,3-5H2,(H,12,13). The van der Waals surface area contributed by atoms with Crippen molar-refractivity contribution in [3.05, 3.63) is 35.6 Å². The molecule has 72 valence electrons. The highest BCUT2D eigenvalue weighted by Gasteiger charge is 2.15. The summed E-state index contributed by atoms with van der Waals surface area (Å²) in [5.74, 6) is 1.98. The Hall–Kier alpha value is -1.14. The van der Waals surface area contributed by atoms with Crippen LogP contribution in [0.4, 0.5) is 5.42 Å². The van der Waals surface area contributed by atoms with E-state index in [1.165, 1.54) is 23.6 Å². The monoisotopic (exact) mass is 205 g/mol. The van der Waals surface area contributed by atoms with E-state index < -0.39 is 0 Å². The molecular weight excluding hydrogens is 193 g/mol. The van der Waals surface area contributed by atoms with Crippen molar-refractivity contribution >= 4 is 19.5 Å². The SMILES string of the molecule is C=CC(=O)Nc1pccc2c1CCC2. The molecule has 1 aliphatic carbocycles. The minimum absolute atomic E-state index is 0.110. The summed E-state index contributed by atoms with van der Waals surface area (Å²) >= 11 is 0. The number of hydrogen-bond donors (Lipinski definition) is 1. The van der Waals surface area contributed by atoms with Gasteiger partial charge in [-0.05, 0) is 50.5 Å². The summed E-state index contributed by atoms with van der Waals surface area (Å²) < 4.78 is 0. The summed E-state index contributed by atoms with van der Waals surface area (Å²) in [4.78, 5) is 11.2. The molecule has 2 nitrogen and oxygen atoms in total. The van der Waals surface area contributed by atoms with E-state index in [0.717, 1.165) is 26.5 Å². The number of carbonyl (C=O) groups is 1. The number of fused-ring (bicyclic) bond motifs is 1. The minimum Gasteiger partial charge on any atom is -0.318 e. The van der Waals surface area contributed by atoms with Gasteiger partial charge < -0.3 is 5.32 Å². The van der Waals surface area contributed by atoms with Crippen LogP contribution in [0, 0.1) is 0 Å². The fourth-order valence-corrected chi connectivity index (χ4v) is 2.77. The van der Waals surface area contributed by atoms with Gasteiger partial charge in [0.05, 0.1) is 5.42 Å². The number of aryl methyl sites for hydroxylation is 1. The quantitative estimate of drug-likeness (QED) is 0.739. The largest absolute Gasteiger partial charge is 0.318 e. The van der Waals surface area contributed by atoms with Crippen molar-refractivity contribution in [3.63, 3.8) is 0 Å². The second kappa shape index (κ2) is 3.93. The van der Waals surface area contributed by atoms with Crippen molar-refractivity contribution in [1.82, 2.24) is 0 Å². The van der Waals surface area contributed by atoms with E-state index in [4.69, 9.17) is 0 Å². The third-order valence-electron chi connectivity index (χ3n) is 2.45. The Balaban J connectivity index is 2.30. The van der Waals surface area contributed by atoms with Gasteiger partial charge in [0.15, 0.2) is 0 Å². The van der Waals surface area contributed by atoms with Crippen LogP contribution < -0.4 is 5.32 Å². The van der Waals surface area contributed by atoms with Gasteiger partial charge in [-0.25, -0.2) is 0 Å². The summed E-state index contributed by atoms with van der Waals surface area (Å²) in [6.07, 6.45) is 4.77. The molecule has 0 atom stereocenters. The van der Waals surface area contributed by atoms with Crippen molar-refractivity contribution in [1.29, 1.82) is 0 Å². The maximum atomic E-state index is 11.2. The summed E-state index contributed by atoms with van der Waals surface area (Å²) in [5, 5.41) is 2.88. The molecule has 0 saturated carbocycles. The van der Waals surface area contributed by atoms with Gasteiger partial charge in [0, 0.05) is 0 Å². The van der Waals surface area contributed by atoms with Crippen LogP contribution in [0.1, 0.15) is 17.5 Å². The lowest BCUT2D eigenvalue weighted by atomic mass is 10.2. The predicted octanol–water partition coefficient (Wildman–Crippen LogP) is 2.88. The van der Waals surface area contributed by atoms with Gasteiger partial charge in [-0.15, -0.1) is 0 Å². The summed E-state index contributed by atoms with van der Waals surface area (Å²) in [5.41, 5.74) is 3.78. The fourth-order valence-electron chi connectivity index (χ4n) is 1.78. The number of amides is 1. The van der Waals surface area contributed by atoms with Gasteiger partial charge in [0.1, 0.15) is 0 Å². The van der Waals surface area contributed by atoms with Crippen LogP contribution in [0.5, 0.6) is 0 Å². The number of anilines is 1. The smallest absolute Gasteiger partial charge is 0.248 e. The number of nitrogens with one attached hydrogen (secondary N) is 1. The Kier molecular flexibility index (Phi) is 2.64. The fraction of sp³-hybridized carbons (Fsp3) is 0.273. The average Bonchev–Trinajstić information content (AvgIpc) is 2.66. The lowest BCUT2D eigenvalue weighted by Gasteiger charge is -2.07. The Morgan fingerprint density at radius 3 is 3.21 bits per heavy atom. The average molecular weight is 205 g/mol. The zero-order valence-electron chi connectivity index (χ0n) is 7.92. The number of rotatable bonds is 2. The Morgan fingerprint density at radius 1 is 1.57 bits per heavy atom. The topological polar surface area (TPSA) is 29.1 Å². The predicted molar refractivity (Wildman–Crippen MR) is 59.8 cm³/mol. The minimum atomic E-state index is -0.110. The van der Waals surface area contributed by atoms with Gasteiger partial charge in [-0.1, -0.05) is 12.6 Å². The molecule has 1 aromatic heterocycles. The van der Waals surface area contributed by atoms with E-state index in [1.54, 1.807) is 0 Å². The zero-order valence-corrected chi connectivity index (χ0v) is 8.81. The van der Waals surface area contributed by atoms with Gasteiger partial charge in [-0.2, -0.15) is 0 Å². The van der Waals surface area contributed by atoms with E-state index in [2.05, 4.69) is 23.8 Å². The molecule has 2 rings (SSSR count). The molecule has 0 unspecified atom stereocenters. The third kappa shape index (κ3) is 1.71. The highest BCUT2D eigenvalue weighted by molar-refractivity contribution is 7.33. The van der Waals surface area contributed by atoms with Crippen LogP contribution in [-0.4, -0.2) is 5.91 Å². The normalized spacial score (nSPS) is 14.0. The first kappa shape index (κ1) is 9.42. The maximum absolute atomic E-state index is 11.2. The van der Waals surface area contributed by atoms with Crippen LogP contribution >= 0.6 is 8.19 Å². The molecular formula is C11H12NOP. The molecule has 0 bridgehead atoms. The van der Waals surface area contributed by atoms with Crippen molar-refractivity contribution in [2.75, 3.05) is 5.32 Å². The van der Waals surface area contributed by atoms with Crippen LogP contribution in [0.3, 0.4) is 0 Å². The number of hydrogen-bond acceptors (Lipinski definition) is 1. The molecule has 1 heterocycles. The Morgan fingerprint density at radius 2 is 2.43 bits per heavy atom. The highest BCUT2D eigenvalue weighted by Crippen LogP contribution is 2.34. The molecule has 1 amide bonds. The van der Waals surface area contributed by atoms with Gasteiger partial charge in [-0.3, -0.25) is 4.79 Å². The summed E-state index contributed by atoms with van der Waals surface area (Å²) in [6.45, 7) is 3.45. The molecule has 14 heavy (non-hydrogen) atoms. The van der Waals surface area contributed by atoms with Gasteiger partial charge in [0.25, 0.3) is 0 Å². The zero-order chi connectivity index (χ0) is 9.97. The molecule has 1 N–H and O–H groups in total. The van der Waals surface area contributed by atoms with E-state index in [-0.39, 0.29) is 5.91 Å². The first-order valence-corrected chi connectivity index (χ1v) is 5.68. The lowest BCUT2D eigenvalue weighted by molar-refractivity contribution is -0.111. The van der Waals surface area contributed by atoms with Crippen LogP contribution in [0.15, 0.2) is 24.5 Å². The number of carbonyl (C=O) groups excluding carboxylic acids is 1. The summed E-state index contributed by atoms with van der Waals surface area (Å²) in [7, 11) is 1.09. The van der Waals surface area contributed by atoms with Crippen LogP contribution in [0.2, 0.25) is 0 Å². The first-order chi connectivity index (χ1) is 6.81. The van der Waals surface area contributed by atoms with Crippen LogP contribution in [0.25, 0.3) is 0 Å². The molecule has 0 fully saturated rings. The van der Waals surface area contributed by atoms with E-state index in [1.807, 2.05) is 0 Å². The third-order valence-corrected chi connectivity index (χ3v) is 3.39. The van der Waals surface area contributed by atoms with E-state index in [0.29, 0.717) is 0 Å². The molecule has 3 heteroatoms. The molecule has 0 aliphatic heterocycles. The highest BCUT2D eigenvalue weighted by atomic mass is 31.0. The first-order valence-electron chi connectivity index (χ1n) is 4.71. The second-order valence-corrected chi connectivity index (χ2v) is 4.35. The van der Waals surface area contributed by atoms with Crippen molar-refractivity contribution in [2.45, 2.75) is 19.3 Å². The molecule has 0 radical (unpaired) electrons. The van der Waals surface area contributed by atoms with Crippen molar-refractivity contribution in [2.24, 2.45) is 0 Å². The molecule has 1 aromatic rings. The summed E-state index contributed by atoms with van der Waals surface area (Å²) in [6, 6.07) is 2.17.